The van der Waals surface area contributed by atoms with Crippen LogP contribution < -0.4 is 5.32 Å². The van der Waals surface area contributed by atoms with Crippen LogP contribution in [0.2, 0.25) is 0 Å². The molecule has 0 radical (unpaired) electrons. The van der Waals surface area contributed by atoms with Crippen LogP contribution in [0, 0.1) is 0 Å². The molecule has 8 heteroatoms. The third kappa shape index (κ3) is 4.37. The summed E-state index contributed by atoms with van der Waals surface area (Å²) >= 11 is 1.42. The van der Waals surface area contributed by atoms with Crippen LogP contribution in [-0.4, -0.2) is 36.7 Å². The van der Waals surface area contributed by atoms with Crippen molar-refractivity contribution in [2.45, 2.75) is 43.1 Å². The van der Waals surface area contributed by atoms with E-state index in [0.29, 0.717) is 17.3 Å². The SMILES string of the molecule is CC(=O)Nc1ccc(C(=O)[C@@H](C)Sc2nnc(-c3cccnc3)n2C2CC2)cc1. The van der Waals surface area contributed by atoms with Gasteiger partial charge in [-0.05, 0) is 56.2 Å². The lowest BCUT2D eigenvalue weighted by molar-refractivity contribution is -0.114. The van der Waals surface area contributed by atoms with Gasteiger partial charge >= 0.3 is 0 Å². The van der Waals surface area contributed by atoms with E-state index in [4.69, 9.17) is 0 Å². The van der Waals surface area contributed by atoms with Crippen LogP contribution >= 0.6 is 11.8 Å². The average molecular weight is 407 g/mol. The normalized spacial score (nSPS) is 14.4. The van der Waals surface area contributed by atoms with Crippen LogP contribution in [0.3, 0.4) is 0 Å². The van der Waals surface area contributed by atoms with Crippen molar-refractivity contribution in [3.05, 3.63) is 54.4 Å². The van der Waals surface area contributed by atoms with Gasteiger partial charge in [0.2, 0.25) is 5.91 Å². The molecule has 0 saturated heterocycles. The predicted molar refractivity (Wildman–Crippen MR) is 112 cm³/mol. The number of carbonyl (C=O) groups is 2. The Kier molecular flexibility index (Phi) is 5.44. The van der Waals surface area contributed by atoms with Crippen molar-refractivity contribution < 1.29 is 9.59 Å². The molecule has 1 aliphatic carbocycles. The van der Waals surface area contributed by atoms with Gasteiger partial charge in [-0.1, -0.05) is 11.8 Å². The summed E-state index contributed by atoms with van der Waals surface area (Å²) in [6.45, 7) is 3.33. The van der Waals surface area contributed by atoms with Gasteiger partial charge in [0.1, 0.15) is 0 Å². The lowest BCUT2D eigenvalue weighted by Crippen LogP contribution is -2.15. The minimum atomic E-state index is -0.315. The number of anilines is 1. The highest BCUT2D eigenvalue weighted by molar-refractivity contribution is 8.00. The summed E-state index contributed by atoms with van der Waals surface area (Å²) in [5.41, 5.74) is 2.19. The van der Waals surface area contributed by atoms with E-state index in [-0.39, 0.29) is 16.9 Å². The number of ketones is 1. The smallest absolute Gasteiger partial charge is 0.221 e. The molecule has 1 fully saturated rings. The number of thioether (sulfide) groups is 1. The van der Waals surface area contributed by atoms with Gasteiger partial charge in [0, 0.05) is 42.2 Å². The molecule has 148 valence electrons. The minimum Gasteiger partial charge on any atom is -0.326 e. The van der Waals surface area contributed by atoms with E-state index in [2.05, 4.69) is 25.1 Å². The molecule has 1 N–H and O–H groups in total. The van der Waals surface area contributed by atoms with Gasteiger partial charge < -0.3 is 5.32 Å². The summed E-state index contributed by atoms with van der Waals surface area (Å²) in [6.07, 6.45) is 5.69. The number of rotatable bonds is 7. The highest BCUT2D eigenvalue weighted by Gasteiger charge is 2.31. The number of aromatic nitrogens is 4. The number of benzene rings is 1. The fraction of sp³-hybridized carbons (Fsp3) is 0.286. The topological polar surface area (TPSA) is 89.8 Å². The zero-order valence-electron chi connectivity index (χ0n) is 16.2. The van der Waals surface area contributed by atoms with E-state index in [0.717, 1.165) is 29.4 Å². The van der Waals surface area contributed by atoms with Gasteiger partial charge in [-0.2, -0.15) is 0 Å². The number of Topliss-reactive ketones (excluding diaryl/α,β-unsaturated/α-hetero) is 1. The van der Waals surface area contributed by atoms with Crippen LogP contribution in [-0.2, 0) is 4.79 Å². The standard InChI is InChI=1S/C21H21N5O2S/c1-13(19(28)15-5-7-17(8-6-15)23-14(2)27)29-21-25-24-20(26(21)18-9-10-18)16-4-3-11-22-12-16/h3-8,11-13,18H,9-10H2,1-2H3,(H,23,27)/t13-/m1/s1. The Morgan fingerprint density at radius 1 is 1.17 bits per heavy atom. The second-order valence-electron chi connectivity index (χ2n) is 7.03. The molecule has 3 aromatic rings. The number of nitrogens with one attached hydrogen (secondary N) is 1. The molecule has 29 heavy (non-hydrogen) atoms. The first-order valence-electron chi connectivity index (χ1n) is 9.47. The molecule has 1 aromatic carbocycles. The van der Waals surface area contributed by atoms with Crippen LogP contribution in [0.4, 0.5) is 5.69 Å². The van der Waals surface area contributed by atoms with Crippen molar-refractivity contribution in [1.29, 1.82) is 0 Å². The Morgan fingerprint density at radius 3 is 2.55 bits per heavy atom. The van der Waals surface area contributed by atoms with E-state index in [1.54, 1.807) is 36.7 Å². The number of amides is 1. The molecule has 0 bridgehead atoms. The Hall–Kier alpha value is -3.00. The second-order valence-corrected chi connectivity index (χ2v) is 8.34. The fourth-order valence-electron chi connectivity index (χ4n) is 3.08. The maximum Gasteiger partial charge on any atom is 0.221 e. The molecule has 4 rings (SSSR count). The monoisotopic (exact) mass is 407 g/mol. The second kappa shape index (κ2) is 8.16. The van der Waals surface area contributed by atoms with Crippen molar-refractivity contribution in [2.75, 3.05) is 5.32 Å². The number of pyridine rings is 1. The largest absolute Gasteiger partial charge is 0.326 e. The summed E-state index contributed by atoms with van der Waals surface area (Å²) in [6, 6.07) is 11.2. The molecule has 0 unspecified atom stereocenters. The molecule has 2 aromatic heterocycles. The Morgan fingerprint density at radius 2 is 1.93 bits per heavy atom. The lowest BCUT2D eigenvalue weighted by atomic mass is 10.1. The van der Waals surface area contributed by atoms with Crippen LogP contribution in [0.1, 0.15) is 43.1 Å². The zero-order valence-corrected chi connectivity index (χ0v) is 17.0. The zero-order chi connectivity index (χ0) is 20.4. The van der Waals surface area contributed by atoms with Crippen molar-refractivity contribution >= 4 is 29.1 Å². The fourth-order valence-corrected chi connectivity index (χ4v) is 4.07. The molecular formula is C21H21N5O2S. The van der Waals surface area contributed by atoms with E-state index in [9.17, 15) is 9.59 Å². The first kappa shape index (κ1) is 19.3. The summed E-state index contributed by atoms with van der Waals surface area (Å²) in [4.78, 5) is 28.2. The molecule has 1 aliphatic rings. The Bertz CT molecular complexity index is 1030. The van der Waals surface area contributed by atoms with Crippen molar-refractivity contribution in [2.24, 2.45) is 0 Å². The summed E-state index contributed by atoms with van der Waals surface area (Å²) in [7, 11) is 0. The Balaban J connectivity index is 1.52. The maximum absolute atomic E-state index is 12.9. The van der Waals surface area contributed by atoms with Crippen LogP contribution in [0.25, 0.3) is 11.4 Å². The van der Waals surface area contributed by atoms with E-state index in [1.165, 1.54) is 18.7 Å². The van der Waals surface area contributed by atoms with E-state index < -0.39 is 0 Å². The van der Waals surface area contributed by atoms with Gasteiger partial charge in [-0.15, -0.1) is 10.2 Å². The van der Waals surface area contributed by atoms with Gasteiger partial charge in [0.05, 0.1) is 5.25 Å². The molecule has 0 aliphatic heterocycles. The lowest BCUT2D eigenvalue weighted by Gasteiger charge is -2.13. The summed E-state index contributed by atoms with van der Waals surface area (Å²) < 4.78 is 2.13. The van der Waals surface area contributed by atoms with Gasteiger partial charge in [0.25, 0.3) is 0 Å². The van der Waals surface area contributed by atoms with Crippen molar-refractivity contribution in [3.63, 3.8) is 0 Å². The van der Waals surface area contributed by atoms with Crippen molar-refractivity contribution in [1.82, 2.24) is 19.7 Å². The quantitative estimate of drug-likeness (QED) is 0.470. The maximum atomic E-state index is 12.9. The molecule has 2 heterocycles. The molecule has 1 amide bonds. The van der Waals surface area contributed by atoms with Gasteiger partial charge in [0.15, 0.2) is 16.8 Å². The van der Waals surface area contributed by atoms with Crippen molar-refractivity contribution in [3.8, 4) is 11.4 Å². The van der Waals surface area contributed by atoms with Crippen LogP contribution in [0.5, 0.6) is 0 Å². The van der Waals surface area contributed by atoms with Gasteiger partial charge in [-0.25, -0.2) is 0 Å². The molecule has 1 atom stereocenters. The van der Waals surface area contributed by atoms with Gasteiger partial charge in [-0.3, -0.25) is 19.1 Å². The minimum absolute atomic E-state index is 0.0117. The Labute approximate surface area is 173 Å². The third-order valence-electron chi connectivity index (χ3n) is 4.64. The molecule has 1 saturated carbocycles. The average Bonchev–Trinajstić information content (AvgIpc) is 3.48. The highest BCUT2D eigenvalue weighted by Crippen LogP contribution is 2.41. The highest BCUT2D eigenvalue weighted by atomic mass is 32.2. The van der Waals surface area contributed by atoms with Crippen LogP contribution in [0.15, 0.2) is 53.9 Å². The number of carbonyl (C=O) groups excluding carboxylic acids is 2. The van der Waals surface area contributed by atoms with E-state index >= 15 is 0 Å². The molecule has 7 nitrogen and oxygen atoms in total. The first-order chi connectivity index (χ1) is 14.0. The molecular weight excluding hydrogens is 386 g/mol. The third-order valence-corrected chi connectivity index (χ3v) is 5.69. The number of hydrogen-bond acceptors (Lipinski definition) is 6. The summed E-state index contributed by atoms with van der Waals surface area (Å²) in [5, 5.41) is 11.9. The first-order valence-corrected chi connectivity index (χ1v) is 10.3. The number of nitrogens with zero attached hydrogens (tertiary/aromatic N) is 4. The summed E-state index contributed by atoms with van der Waals surface area (Å²) in [5.74, 6) is 0.664. The van der Waals surface area contributed by atoms with E-state index in [1.807, 2.05) is 19.1 Å². The predicted octanol–water partition coefficient (Wildman–Crippen LogP) is 4.00. The number of hydrogen-bond donors (Lipinski definition) is 1. The molecule has 0 spiro atoms.